The zero-order valence-electron chi connectivity index (χ0n) is 9.42. The number of rotatable bonds is 6. The average molecular weight is 225 g/mol. The third kappa shape index (κ3) is 4.42. The fraction of sp³-hybridized carbons (Fsp3) is 0.545. The highest BCUT2D eigenvalue weighted by Crippen LogP contribution is 2.13. The molecule has 0 unspecified atom stereocenters. The van der Waals surface area contributed by atoms with Gasteiger partial charge >= 0.3 is 0 Å². The first-order chi connectivity index (χ1) is 7.24. The Labute approximate surface area is 95.9 Å². The Morgan fingerprint density at radius 2 is 2.27 bits per heavy atom. The van der Waals surface area contributed by atoms with Gasteiger partial charge in [0.25, 0.3) is 0 Å². The summed E-state index contributed by atoms with van der Waals surface area (Å²) in [6.45, 7) is 3.01. The van der Waals surface area contributed by atoms with Crippen LogP contribution in [0.25, 0.3) is 0 Å². The van der Waals surface area contributed by atoms with Crippen molar-refractivity contribution >= 4 is 23.3 Å². The highest BCUT2D eigenvalue weighted by atomic mass is 32.2. The van der Waals surface area contributed by atoms with Gasteiger partial charge in [0.2, 0.25) is 0 Å². The maximum Gasteiger partial charge on any atom is 0.128 e. The average Bonchev–Trinajstić information content (AvgIpc) is 2.20. The SMILES string of the molecule is CSCCCCNc1ncc(N)cc1C. The van der Waals surface area contributed by atoms with Crippen LogP contribution in [0.5, 0.6) is 0 Å². The van der Waals surface area contributed by atoms with Crippen LogP contribution in [0.2, 0.25) is 0 Å². The first-order valence-corrected chi connectivity index (χ1v) is 6.58. The van der Waals surface area contributed by atoms with Gasteiger partial charge in [-0.2, -0.15) is 11.8 Å². The van der Waals surface area contributed by atoms with Crippen molar-refractivity contribution in [1.29, 1.82) is 0 Å². The molecule has 0 atom stereocenters. The van der Waals surface area contributed by atoms with Crippen molar-refractivity contribution < 1.29 is 0 Å². The number of nitrogen functional groups attached to an aromatic ring is 1. The summed E-state index contributed by atoms with van der Waals surface area (Å²) in [4.78, 5) is 4.25. The molecule has 0 saturated carbocycles. The van der Waals surface area contributed by atoms with Gasteiger partial charge in [-0.3, -0.25) is 0 Å². The first-order valence-electron chi connectivity index (χ1n) is 5.19. The number of unbranched alkanes of at least 4 members (excludes halogenated alkanes) is 1. The Morgan fingerprint density at radius 3 is 2.93 bits per heavy atom. The van der Waals surface area contributed by atoms with Crippen LogP contribution < -0.4 is 11.1 Å². The van der Waals surface area contributed by atoms with E-state index in [1.54, 1.807) is 6.20 Å². The Kier molecular flexibility index (Phi) is 5.32. The van der Waals surface area contributed by atoms with E-state index < -0.39 is 0 Å². The fourth-order valence-electron chi connectivity index (χ4n) is 1.36. The van der Waals surface area contributed by atoms with E-state index in [4.69, 9.17) is 5.73 Å². The number of nitrogens with zero attached hydrogens (tertiary/aromatic N) is 1. The molecule has 3 nitrogen and oxygen atoms in total. The van der Waals surface area contributed by atoms with Crippen LogP contribution in [0.4, 0.5) is 11.5 Å². The topological polar surface area (TPSA) is 50.9 Å². The number of nitrogens with one attached hydrogen (secondary N) is 1. The summed E-state index contributed by atoms with van der Waals surface area (Å²) in [6, 6.07) is 1.94. The molecular weight excluding hydrogens is 206 g/mol. The van der Waals surface area contributed by atoms with Crippen LogP contribution in [-0.2, 0) is 0 Å². The molecule has 0 amide bonds. The minimum atomic E-state index is 0.723. The molecule has 0 aromatic carbocycles. The van der Waals surface area contributed by atoms with Gasteiger partial charge in [0.1, 0.15) is 5.82 Å². The highest BCUT2D eigenvalue weighted by Gasteiger charge is 1.98. The summed E-state index contributed by atoms with van der Waals surface area (Å²) in [5, 5.41) is 3.32. The van der Waals surface area contributed by atoms with Crippen molar-refractivity contribution in [1.82, 2.24) is 4.98 Å². The Balaban J connectivity index is 2.31. The predicted molar refractivity (Wildman–Crippen MR) is 69.5 cm³/mol. The second kappa shape index (κ2) is 6.56. The Bertz CT molecular complexity index is 302. The summed E-state index contributed by atoms with van der Waals surface area (Å²) < 4.78 is 0. The van der Waals surface area contributed by atoms with E-state index in [1.807, 2.05) is 24.8 Å². The lowest BCUT2D eigenvalue weighted by molar-refractivity contribution is 0.839. The molecule has 0 bridgehead atoms. The number of nitrogens with two attached hydrogens (primary N) is 1. The molecule has 1 rings (SSSR count). The van der Waals surface area contributed by atoms with Gasteiger partial charge in [0, 0.05) is 6.54 Å². The van der Waals surface area contributed by atoms with Crippen LogP contribution >= 0.6 is 11.8 Å². The third-order valence-corrected chi connectivity index (χ3v) is 2.86. The van der Waals surface area contributed by atoms with E-state index in [9.17, 15) is 0 Å². The number of thioether (sulfide) groups is 1. The van der Waals surface area contributed by atoms with Crippen molar-refractivity contribution in [3.63, 3.8) is 0 Å². The molecule has 3 N–H and O–H groups in total. The van der Waals surface area contributed by atoms with Gasteiger partial charge in [0.15, 0.2) is 0 Å². The van der Waals surface area contributed by atoms with Crippen molar-refractivity contribution in [3.8, 4) is 0 Å². The molecule has 0 saturated heterocycles. The molecule has 0 aliphatic heterocycles. The minimum Gasteiger partial charge on any atom is -0.397 e. The first kappa shape index (κ1) is 12.2. The van der Waals surface area contributed by atoms with Crippen LogP contribution in [0.15, 0.2) is 12.3 Å². The third-order valence-electron chi connectivity index (χ3n) is 2.17. The molecule has 15 heavy (non-hydrogen) atoms. The number of aromatic nitrogens is 1. The minimum absolute atomic E-state index is 0.723. The van der Waals surface area contributed by atoms with Crippen molar-refractivity contribution in [3.05, 3.63) is 17.8 Å². The lowest BCUT2D eigenvalue weighted by Gasteiger charge is -2.08. The summed E-state index contributed by atoms with van der Waals surface area (Å²) >= 11 is 1.89. The van der Waals surface area contributed by atoms with Crippen molar-refractivity contribution in [2.75, 3.05) is 29.6 Å². The maximum absolute atomic E-state index is 5.63. The summed E-state index contributed by atoms with van der Waals surface area (Å²) in [5.74, 6) is 2.18. The summed E-state index contributed by atoms with van der Waals surface area (Å²) in [6.07, 6.45) is 6.27. The monoisotopic (exact) mass is 225 g/mol. The molecule has 0 fully saturated rings. The normalized spacial score (nSPS) is 10.3. The maximum atomic E-state index is 5.63. The molecule has 1 aromatic rings. The highest BCUT2D eigenvalue weighted by molar-refractivity contribution is 7.98. The smallest absolute Gasteiger partial charge is 0.128 e. The van der Waals surface area contributed by atoms with Gasteiger partial charge in [-0.25, -0.2) is 4.98 Å². The van der Waals surface area contributed by atoms with Gasteiger partial charge < -0.3 is 11.1 Å². The van der Waals surface area contributed by atoms with Crippen molar-refractivity contribution in [2.45, 2.75) is 19.8 Å². The molecular formula is C11H19N3S. The lowest BCUT2D eigenvalue weighted by Crippen LogP contribution is -2.05. The molecule has 0 aliphatic carbocycles. The van der Waals surface area contributed by atoms with E-state index in [0.717, 1.165) is 23.6 Å². The predicted octanol–water partition coefficient (Wildman–Crippen LogP) is 2.53. The van der Waals surface area contributed by atoms with Crippen LogP contribution in [0.1, 0.15) is 18.4 Å². The number of hydrogen-bond donors (Lipinski definition) is 2. The van der Waals surface area contributed by atoms with Crippen molar-refractivity contribution in [2.24, 2.45) is 0 Å². The standard InChI is InChI=1S/C11H19N3S/c1-9-7-10(12)8-14-11(9)13-5-3-4-6-15-2/h7-8H,3-6,12H2,1-2H3,(H,13,14). The van der Waals surface area contributed by atoms with E-state index in [0.29, 0.717) is 0 Å². The van der Waals surface area contributed by atoms with Crippen LogP contribution in [-0.4, -0.2) is 23.5 Å². The number of aryl methyl sites for hydroxylation is 1. The van der Waals surface area contributed by atoms with E-state index >= 15 is 0 Å². The van der Waals surface area contributed by atoms with Gasteiger partial charge in [-0.1, -0.05) is 0 Å². The molecule has 0 aliphatic rings. The van der Waals surface area contributed by atoms with E-state index in [1.165, 1.54) is 18.6 Å². The van der Waals surface area contributed by atoms with E-state index in [-0.39, 0.29) is 0 Å². The molecule has 1 heterocycles. The lowest BCUT2D eigenvalue weighted by atomic mass is 10.2. The number of pyridine rings is 1. The molecule has 0 spiro atoms. The Morgan fingerprint density at radius 1 is 1.47 bits per heavy atom. The second-order valence-corrected chi connectivity index (χ2v) is 4.55. The number of hydrogen-bond acceptors (Lipinski definition) is 4. The molecule has 4 heteroatoms. The molecule has 84 valence electrons. The van der Waals surface area contributed by atoms with Gasteiger partial charge in [0.05, 0.1) is 11.9 Å². The van der Waals surface area contributed by atoms with Gasteiger partial charge in [-0.05, 0) is 43.4 Å². The fourth-order valence-corrected chi connectivity index (χ4v) is 1.85. The molecule has 0 radical (unpaired) electrons. The quantitative estimate of drug-likeness (QED) is 0.730. The van der Waals surface area contributed by atoms with E-state index in [2.05, 4.69) is 16.6 Å². The molecule has 1 aromatic heterocycles. The van der Waals surface area contributed by atoms with Crippen LogP contribution in [0.3, 0.4) is 0 Å². The number of anilines is 2. The van der Waals surface area contributed by atoms with Gasteiger partial charge in [-0.15, -0.1) is 0 Å². The zero-order chi connectivity index (χ0) is 11.1. The zero-order valence-corrected chi connectivity index (χ0v) is 10.2. The van der Waals surface area contributed by atoms with Crippen LogP contribution in [0, 0.1) is 6.92 Å². The largest absolute Gasteiger partial charge is 0.397 e. The Hall–Kier alpha value is -0.900. The summed E-state index contributed by atoms with van der Waals surface area (Å²) in [7, 11) is 0. The second-order valence-electron chi connectivity index (χ2n) is 3.56. The summed E-state index contributed by atoms with van der Waals surface area (Å²) in [5.41, 5.74) is 7.46.